The maximum atomic E-state index is 11.6. The largest absolute Gasteiger partial charge is 0.488 e. The number of carbonyl (C=O) groups excluding carboxylic acids is 1. The Morgan fingerprint density at radius 1 is 1.23 bits per heavy atom. The lowest BCUT2D eigenvalue weighted by molar-refractivity contribution is -0.384. The molecule has 3 rings (SSSR count). The SMILES string of the molecule is CC(=O)O[C@@]1(c2ccc([N+](=O)[O-])cc2)COc2ccccc21. The van der Waals surface area contributed by atoms with Crippen molar-refractivity contribution in [1.82, 2.24) is 0 Å². The Labute approximate surface area is 126 Å². The number of rotatable bonds is 3. The lowest BCUT2D eigenvalue weighted by Crippen LogP contribution is -2.34. The van der Waals surface area contributed by atoms with Gasteiger partial charge in [-0.05, 0) is 18.2 Å². The standard InChI is InChI=1S/C16H13NO5/c1-11(18)22-16(10-21-15-5-3-2-4-14(15)16)12-6-8-13(9-7-12)17(19)20/h2-9H,10H2,1H3/t16-/m1/s1. The fourth-order valence-corrected chi connectivity index (χ4v) is 2.66. The summed E-state index contributed by atoms with van der Waals surface area (Å²) < 4.78 is 11.2. The van der Waals surface area contributed by atoms with Gasteiger partial charge in [-0.1, -0.05) is 18.2 Å². The lowest BCUT2D eigenvalue weighted by Gasteiger charge is -2.28. The van der Waals surface area contributed by atoms with Crippen LogP contribution in [0.1, 0.15) is 18.1 Å². The maximum Gasteiger partial charge on any atom is 0.303 e. The highest BCUT2D eigenvalue weighted by Crippen LogP contribution is 2.44. The van der Waals surface area contributed by atoms with Gasteiger partial charge in [-0.25, -0.2) is 0 Å². The molecule has 0 saturated carbocycles. The highest BCUT2D eigenvalue weighted by Gasteiger charge is 2.45. The van der Waals surface area contributed by atoms with Crippen LogP contribution in [0.4, 0.5) is 5.69 Å². The van der Waals surface area contributed by atoms with Gasteiger partial charge in [0, 0.05) is 30.2 Å². The predicted molar refractivity (Wildman–Crippen MR) is 77.6 cm³/mol. The minimum Gasteiger partial charge on any atom is -0.488 e. The second-order valence-electron chi connectivity index (χ2n) is 5.01. The van der Waals surface area contributed by atoms with Crippen molar-refractivity contribution in [2.24, 2.45) is 0 Å². The first-order valence-electron chi connectivity index (χ1n) is 6.70. The molecule has 6 nitrogen and oxygen atoms in total. The van der Waals surface area contributed by atoms with Crippen LogP contribution in [0, 0.1) is 10.1 Å². The number of non-ortho nitro benzene ring substituents is 1. The number of benzene rings is 2. The second-order valence-corrected chi connectivity index (χ2v) is 5.01. The molecular formula is C16H13NO5. The van der Waals surface area contributed by atoms with Crippen molar-refractivity contribution in [3.05, 3.63) is 69.8 Å². The van der Waals surface area contributed by atoms with E-state index in [0.717, 1.165) is 5.56 Å². The Balaban J connectivity index is 2.12. The number of para-hydroxylation sites is 1. The van der Waals surface area contributed by atoms with Crippen molar-refractivity contribution in [2.45, 2.75) is 12.5 Å². The number of carbonyl (C=O) groups is 1. The van der Waals surface area contributed by atoms with Gasteiger partial charge in [-0.2, -0.15) is 0 Å². The average Bonchev–Trinajstić information content (AvgIpc) is 2.87. The Morgan fingerprint density at radius 2 is 1.91 bits per heavy atom. The summed E-state index contributed by atoms with van der Waals surface area (Å²) in [5, 5.41) is 10.8. The Kier molecular flexibility index (Phi) is 3.29. The number of nitro groups is 1. The van der Waals surface area contributed by atoms with E-state index in [4.69, 9.17) is 9.47 Å². The van der Waals surface area contributed by atoms with E-state index < -0.39 is 16.5 Å². The molecule has 1 atom stereocenters. The summed E-state index contributed by atoms with van der Waals surface area (Å²) in [6.07, 6.45) is 0. The zero-order valence-corrected chi connectivity index (χ0v) is 11.8. The fraction of sp³-hybridized carbons (Fsp3) is 0.188. The van der Waals surface area contributed by atoms with Gasteiger partial charge >= 0.3 is 5.97 Å². The van der Waals surface area contributed by atoms with Gasteiger partial charge in [0.25, 0.3) is 5.69 Å². The van der Waals surface area contributed by atoms with Gasteiger partial charge in [0.15, 0.2) is 5.60 Å². The Hall–Kier alpha value is -2.89. The predicted octanol–water partition coefficient (Wildman–Crippen LogP) is 2.79. The quantitative estimate of drug-likeness (QED) is 0.494. The Bertz CT molecular complexity index is 740. The van der Waals surface area contributed by atoms with Gasteiger partial charge in [0.1, 0.15) is 12.4 Å². The topological polar surface area (TPSA) is 78.7 Å². The molecule has 0 amide bonds. The number of fused-ring (bicyclic) bond motifs is 1. The van der Waals surface area contributed by atoms with Crippen LogP contribution >= 0.6 is 0 Å². The van der Waals surface area contributed by atoms with E-state index in [1.807, 2.05) is 18.2 Å². The number of esters is 1. The number of ether oxygens (including phenoxy) is 2. The van der Waals surface area contributed by atoms with Crippen molar-refractivity contribution >= 4 is 11.7 Å². The van der Waals surface area contributed by atoms with Gasteiger partial charge in [0.05, 0.1) is 4.92 Å². The van der Waals surface area contributed by atoms with Gasteiger partial charge in [-0.15, -0.1) is 0 Å². The molecule has 2 aromatic rings. The van der Waals surface area contributed by atoms with Crippen LogP contribution in [0.3, 0.4) is 0 Å². The maximum absolute atomic E-state index is 11.6. The summed E-state index contributed by atoms with van der Waals surface area (Å²) >= 11 is 0. The Morgan fingerprint density at radius 3 is 2.55 bits per heavy atom. The molecular weight excluding hydrogens is 286 g/mol. The molecule has 0 fully saturated rings. The first-order chi connectivity index (χ1) is 10.5. The average molecular weight is 299 g/mol. The van der Waals surface area contributed by atoms with E-state index in [-0.39, 0.29) is 12.3 Å². The summed E-state index contributed by atoms with van der Waals surface area (Å²) in [5.41, 5.74) is 0.281. The number of nitrogens with zero attached hydrogens (tertiary/aromatic N) is 1. The molecule has 112 valence electrons. The summed E-state index contributed by atoms with van der Waals surface area (Å²) in [7, 11) is 0. The monoisotopic (exact) mass is 299 g/mol. The van der Waals surface area contributed by atoms with Crippen LogP contribution < -0.4 is 4.74 Å². The van der Waals surface area contributed by atoms with Crippen molar-refractivity contribution in [2.75, 3.05) is 6.61 Å². The third-order valence-electron chi connectivity index (χ3n) is 3.62. The highest BCUT2D eigenvalue weighted by atomic mass is 16.6. The zero-order valence-electron chi connectivity index (χ0n) is 11.8. The minimum atomic E-state index is -1.07. The first kappa shape index (κ1) is 14.1. The molecule has 0 aromatic heterocycles. The molecule has 0 radical (unpaired) electrons. The van der Waals surface area contributed by atoms with Gasteiger partial charge in [0.2, 0.25) is 0 Å². The van der Waals surface area contributed by atoms with Crippen LogP contribution in [0.25, 0.3) is 0 Å². The molecule has 1 aliphatic heterocycles. The van der Waals surface area contributed by atoms with E-state index in [1.165, 1.54) is 19.1 Å². The summed E-state index contributed by atoms with van der Waals surface area (Å²) in [6, 6.07) is 13.2. The third kappa shape index (κ3) is 2.18. The number of hydrogen-bond donors (Lipinski definition) is 0. The molecule has 1 heterocycles. The summed E-state index contributed by atoms with van der Waals surface area (Å²) in [6.45, 7) is 1.47. The molecule has 22 heavy (non-hydrogen) atoms. The highest BCUT2D eigenvalue weighted by molar-refractivity contribution is 5.68. The van der Waals surface area contributed by atoms with E-state index in [2.05, 4.69) is 0 Å². The van der Waals surface area contributed by atoms with Crippen LogP contribution in [0.5, 0.6) is 5.75 Å². The van der Waals surface area contributed by atoms with Gasteiger partial charge in [-0.3, -0.25) is 14.9 Å². The number of nitro benzene ring substituents is 1. The van der Waals surface area contributed by atoms with Crippen LogP contribution in [0.2, 0.25) is 0 Å². The normalized spacial score (nSPS) is 19.1. The second kappa shape index (κ2) is 5.14. The van der Waals surface area contributed by atoms with Crippen LogP contribution in [0.15, 0.2) is 48.5 Å². The van der Waals surface area contributed by atoms with Crippen LogP contribution in [-0.4, -0.2) is 17.5 Å². The van der Waals surface area contributed by atoms with Gasteiger partial charge < -0.3 is 9.47 Å². The summed E-state index contributed by atoms with van der Waals surface area (Å²) in [4.78, 5) is 21.9. The molecule has 6 heteroatoms. The van der Waals surface area contributed by atoms with Crippen molar-refractivity contribution in [3.63, 3.8) is 0 Å². The van der Waals surface area contributed by atoms with Crippen molar-refractivity contribution in [3.8, 4) is 5.75 Å². The minimum absolute atomic E-state index is 0.0195. The molecule has 1 aliphatic rings. The zero-order chi connectivity index (χ0) is 15.7. The lowest BCUT2D eigenvalue weighted by atomic mass is 9.87. The third-order valence-corrected chi connectivity index (χ3v) is 3.62. The molecule has 0 unspecified atom stereocenters. The van der Waals surface area contributed by atoms with E-state index in [1.54, 1.807) is 18.2 Å². The summed E-state index contributed by atoms with van der Waals surface area (Å²) in [5.74, 6) is 0.195. The molecule has 0 bridgehead atoms. The molecule has 0 spiro atoms. The number of hydrogen-bond acceptors (Lipinski definition) is 5. The first-order valence-corrected chi connectivity index (χ1v) is 6.70. The smallest absolute Gasteiger partial charge is 0.303 e. The molecule has 0 saturated heterocycles. The van der Waals surface area contributed by atoms with Crippen molar-refractivity contribution < 1.29 is 19.2 Å². The van der Waals surface area contributed by atoms with E-state index >= 15 is 0 Å². The van der Waals surface area contributed by atoms with Crippen LogP contribution in [-0.2, 0) is 15.1 Å². The van der Waals surface area contributed by atoms with E-state index in [0.29, 0.717) is 11.3 Å². The molecule has 2 aromatic carbocycles. The fourth-order valence-electron chi connectivity index (χ4n) is 2.66. The molecule has 0 aliphatic carbocycles. The van der Waals surface area contributed by atoms with Crippen molar-refractivity contribution in [1.29, 1.82) is 0 Å². The van der Waals surface area contributed by atoms with E-state index in [9.17, 15) is 14.9 Å². The molecule has 0 N–H and O–H groups in total.